The van der Waals surface area contributed by atoms with Gasteiger partial charge in [0.1, 0.15) is 5.75 Å². The van der Waals surface area contributed by atoms with E-state index in [1.165, 1.54) is 19.1 Å². The Morgan fingerprint density at radius 3 is 2.59 bits per heavy atom. The van der Waals surface area contributed by atoms with E-state index in [1.807, 2.05) is 0 Å². The van der Waals surface area contributed by atoms with E-state index in [-0.39, 0.29) is 4.90 Å². The molecule has 0 radical (unpaired) electrons. The lowest BCUT2D eigenvalue weighted by molar-refractivity contribution is -0.131. The first kappa shape index (κ1) is 13.4. The first-order valence-corrected chi connectivity index (χ1v) is 6.21. The van der Waals surface area contributed by atoms with Gasteiger partial charge in [0, 0.05) is 6.92 Å². The molecule has 0 fully saturated rings. The molecule has 17 heavy (non-hydrogen) atoms. The molecule has 0 amide bonds. The third-order valence-corrected chi connectivity index (χ3v) is 3.14. The molecular formula is C12H14O4S. The molecule has 0 bridgehead atoms. The van der Waals surface area contributed by atoms with Crippen molar-refractivity contribution in [3.63, 3.8) is 0 Å². The van der Waals surface area contributed by atoms with Gasteiger partial charge in [0.2, 0.25) is 0 Å². The van der Waals surface area contributed by atoms with Crippen molar-refractivity contribution in [1.29, 1.82) is 0 Å². The van der Waals surface area contributed by atoms with Crippen LogP contribution in [0.15, 0.2) is 29.7 Å². The summed E-state index contributed by atoms with van der Waals surface area (Å²) < 4.78 is 27.2. The van der Waals surface area contributed by atoms with Crippen LogP contribution in [0.1, 0.15) is 18.1 Å². The quantitative estimate of drug-likeness (QED) is 0.384. The minimum absolute atomic E-state index is 0.244. The zero-order valence-electron chi connectivity index (χ0n) is 9.73. The Bertz CT molecular complexity index is 522. The molecule has 92 valence electrons. The third kappa shape index (κ3) is 3.17. The van der Waals surface area contributed by atoms with E-state index < -0.39 is 16.7 Å². The van der Waals surface area contributed by atoms with Crippen LogP contribution in [0.5, 0.6) is 5.75 Å². The number of ether oxygens (including phenoxy) is 1. The SMILES string of the molecule is C=CCc1c([SH](=O)=O)ccc(OC(C)=O)c1C. The Kier molecular flexibility index (Phi) is 4.45. The van der Waals surface area contributed by atoms with Gasteiger partial charge in [0.05, 0.1) is 4.90 Å². The van der Waals surface area contributed by atoms with Crippen molar-refractivity contribution in [2.45, 2.75) is 25.2 Å². The highest BCUT2D eigenvalue weighted by atomic mass is 32.2. The molecule has 0 atom stereocenters. The zero-order valence-corrected chi connectivity index (χ0v) is 10.6. The number of rotatable bonds is 4. The summed E-state index contributed by atoms with van der Waals surface area (Å²) in [5.41, 5.74) is 1.27. The van der Waals surface area contributed by atoms with Crippen molar-refractivity contribution in [2.24, 2.45) is 0 Å². The topological polar surface area (TPSA) is 60.4 Å². The summed E-state index contributed by atoms with van der Waals surface area (Å²) in [4.78, 5) is 11.1. The van der Waals surface area contributed by atoms with Crippen molar-refractivity contribution in [2.75, 3.05) is 0 Å². The predicted molar refractivity (Wildman–Crippen MR) is 65.0 cm³/mol. The second-order valence-corrected chi connectivity index (χ2v) is 4.53. The van der Waals surface area contributed by atoms with Crippen LogP contribution < -0.4 is 4.74 Å². The van der Waals surface area contributed by atoms with Crippen LogP contribution in [0.4, 0.5) is 0 Å². The molecule has 1 aromatic carbocycles. The van der Waals surface area contributed by atoms with E-state index in [0.29, 0.717) is 23.3 Å². The van der Waals surface area contributed by atoms with Gasteiger partial charge in [-0.2, -0.15) is 0 Å². The minimum atomic E-state index is -2.67. The van der Waals surface area contributed by atoms with Crippen LogP contribution in [0.25, 0.3) is 0 Å². The Morgan fingerprint density at radius 2 is 2.12 bits per heavy atom. The fourth-order valence-electron chi connectivity index (χ4n) is 1.56. The maximum atomic E-state index is 11.1. The lowest BCUT2D eigenvalue weighted by Gasteiger charge is -2.11. The highest BCUT2D eigenvalue weighted by molar-refractivity contribution is 7.72. The molecule has 0 aliphatic carbocycles. The highest BCUT2D eigenvalue weighted by Crippen LogP contribution is 2.26. The molecule has 0 spiro atoms. The molecule has 0 aliphatic heterocycles. The number of allylic oxidation sites excluding steroid dienone is 1. The van der Waals surface area contributed by atoms with Gasteiger partial charge in [-0.3, -0.25) is 4.79 Å². The van der Waals surface area contributed by atoms with E-state index in [0.717, 1.165) is 0 Å². The Labute approximate surface area is 102 Å². The molecule has 0 unspecified atom stereocenters. The van der Waals surface area contributed by atoms with Crippen LogP contribution in [0.3, 0.4) is 0 Å². The monoisotopic (exact) mass is 254 g/mol. The summed E-state index contributed by atoms with van der Waals surface area (Å²) in [6, 6.07) is 2.93. The van der Waals surface area contributed by atoms with Crippen LogP contribution in [0, 0.1) is 6.92 Å². The molecule has 5 heteroatoms. The molecule has 1 rings (SSSR count). The number of hydrogen-bond acceptors (Lipinski definition) is 4. The van der Waals surface area contributed by atoms with Crippen molar-refractivity contribution in [1.82, 2.24) is 0 Å². The molecule has 0 saturated heterocycles. The van der Waals surface area contributed by atoms with Crippen molar-refractivity contribution in [3.8, 4) is 5.75 Å². The van der Waals surface area contributed by atoms with Gasteiger partial charge < -0.3 is 4.74 Å². The van der Waals surface area contributed by atoms with E-state index >= 15 is 0 Å². The summed E-state index contributed by atoms with van der Waals surface area (Å²) in [7, 11) is -2.67. The maximum absolute atomic E-state index is 11.1. The Balaban J connectivity index is 3.37. The summed E-state index contributed by atoms with van der Waals surface area (Å²) in [5.74, 6) is -0.0492. The molecular weight excluding hydrogens is 240 g/mol. The second kappa shape index (κ2) is 5.63. The number of carbonyl (C=O) groups excluding carboxylic acids is 1. The minimum Gasteiger partial charge on any atom is -0.426 e. The number of esters is 1. The Morgan fingerprint density at radius 1 is 1.47 bits per heavy atom. The zero-order chi connectivity index (χ0) is 13.0. The van der Waals surface area contributed by atoms with Crippen molar-refractivity contribution < 1.29 is 17.9 Å². The lowest BCUT2D eigenvalue weighted by atomic mass is 10.0. The molecule has 0 aromatic heterocycles. The summed E-state index contributed by atoms with van der Waals surface area (Å²) in [6.07, 6.45) is 2.03. The smallest absolute Gasteiger partial charge is 0.308 e. The van der Waals surface area contributed by atoms with Gasteiger partial charge in [-0.05, 0) is 36.6 Å². The van der Waals surface area contributed by atoms with Gasteiger partial charge in [0.25, 0.3) is 0 Å². The first-order chi connectivity index (χ1) is 7.97. The maximum Gasteiger partial charge on any atom is 0.308 e. The number of carbonyl (C=O) groups is 1. The largest absolute Gasteiger partial charge is 0.426 e. The van der Waals surface area contributed by atoms with Gasteiger partial charge in [-0.15, -0.1) is 6.58 Å². The Hall–Kier alpha value is -1.62. The first-order valence-electron chi connectivity index (χ1n) is 5.03. The average molecular weight is 254 g/mol. The van der Waals surface area contributed by atoms with Gasteiger partial charge in [-0.25, -0.2) is 8.42 Å². The number of benzene rings is 1. The van der Waals surface area contributed by atoms with Gasteiger partial charge in [0.15, 0.2) is 10.7 Å². The molecule has 0 aliphatic rings. The summed E-state index contributed by atoms with van der Waals surface area (Å²) in [6.45, 7) is 6.61. The standard InChI is InChI=1S/C12H14O4S/c1-4-5-10-8(2)11(16-9(3)13)6-7-12(10)17(14)15/h4,6-7,17H,1,5H2,2-3H3. The fourth-order valence-corrected chi connectivity index (χ4v) is 2.24. The molecule has 4 nitrogen and oxygen atoms in total. The third-order valence-electron chi connectivity index (χ3n) is 2.32. The van der Waals surface area contributed by atoms with Crippen LogP contribution in [0.2, 0.25) is 0 Å². The van der Waals surface area contributed by atoms with E-state index in [1.54, 1.807) is 13.0 Å². The van der Waals surface area contributed by atoms with Gasteiger partial charge >= 0.3 is 5.97 Å². The van der Waals surface area contributed by atoms with Crippen molar-refractivity contribution >= 4 is 16.7 Å². The van der Waals surface area contributed by atoms with E-state index in [4.69, 9.17) is 4.74 Å². The predicted octanol–water partition coefficient (Wildman–Crippen LogP) is 1.62. The van der Waals surface area contributed by atoms with Crippen molar-refractivity contribution in [3.05, 3.63) is 35.9 Å². The number of hydrogen-bond donors (Lipinski definition) is 1. The molecule has 0 N–H and O–H groups in total. The summed E-state index contributed by atoms with van der Waals surface area (Å²) in [5, 5.41) is 0. The van der Waals surface area contributed by atoms with E-state index in [2.05, 4.69) is 6.58 Å². The summed E-state index contributed by atoms with van der Waals surface area (Å²) >= 11 is 0. The van der Waals surface area contributed by atoms with Crippen LogP contribution in [-0.4, -0.2) is 14.4 Å². The van der Waals surface area contributed by atoms with Gasteiger partial charge in [-0.1, -0.05) is 6.08 Å². The van der Waals surface area contributed by atoms with Crippen LogP contribution >= 0.6 is 0 Å². The molecule has 0 heterocycles. The normalized spacial score (nSPS) is 10.3. The highest BCUT2D eigenvalue weighted by Gasteiger charge is 2.12. The molecule has 1 aromatic rings. The lowest BCUT2D eigenvalue weighted by Crippen LogP contribution is -2.05. The molecule has 0 saturated carbocycles. The fraction of sp³-hybridized carbons (Fsp3) is 0.250. The number of thiol groups is 1. The van der Waals surface area contributed by atoms with Crippen LogP contribution in [-0.2, 0) is 21.9 Å². The average Bonchev–Trinajstić information content (AvgIpc) is 2.23. The second-order valence-electron chi connectivity index (χ2n) is 3.53. The van der Waals surface area contributed by atoms with E-state index in [9.17, 15) is 13.2 Å².